The van der Waals surface area contributed by atoms with Crippen molar-refractivity contribution in [2.45, 2.75) is 32.9 Å². The van der Waals surface area contributed by atoms with Crippen molar-refractivity contribution in [2.75, 3.05) is 31.1 Å². The van der Waals surface area contributed by atoms with Crippen molar-refractivity contribution in [1.82, 2.24) is 10.2 Å². The molecule has 2 heterocycles. The third-order valence-corrected chi connectivity index (χ3v) is 5.19. The summed E-state index contributed by atoms with van der Waals surface area (Å²) in [5, 5.41) is 3.30. The van der Waals surface area contributed by atoms with E-state index in [1.54, 1.807) is 0 Å². The molecule has 1 saturated heterocycles. The van der Waals surface area contributed by atoms with E-state index in [0.29, 0.717) is 25.3 Å². The number of furan rings is 1. The predicted molar refractivity (Wildman–Crippen MR) is 79.3 cm³/mol. The van der Waals surface area contributed by atoms with E-state index in [-0.39, 0.29) is 5.75 Å². The molecule has 1 aliphatic heterocycles. The van der Waals surface area contributed by atoms with Gasteiger partial charge >= 0.3 is 0 Å². The summed E-state index contributed by atoms with van der Waals surface area (Å²) in [6.45, 7) is 6.00. The summed E-state index contributed by atoms with van der Waals surface area (Å²) in [4.78, 5) is 2.16. The highest BCUT2D eigenvalue weighted by Gasteiger charge is 2.19. The van der Waals surface area contributed by atoms with Crippen molar-refractivity contribution in [3.8, 4) is 0 Å². The first-order chi connectivity index (χ1) is 9.59. The Bertz CT molecular complexity index is 510. The zero-order chi connectivity index (χ0) is 14.4. The third-order valence-electron chi connectivity index (χ3n) is 3.47. The lowest BCUT2D eigenvalue weighted by Crippen LogP contribution is -2.26. The lowest BCUT2D eigenvalue weighted by molar-refractivity contribution is 0.258. The first-order valence-corrected chi connectivity index (χ1v) is 9.12. The Labute approximate surface area is 121 Å². The second-order valence-corrected chi connectivity index (χ2v) is 7.63. The van der Waals surface area contributed by atoms with Gasteiger partial charge in [0.1, 0.15) is 11.5 Å². The van der Waals surface area contributed by atoms with E-state index in [9.17, 15) is 8.42 Å². The molecule has 0 atom stereocenters. The zero-order valence-corrected chi connectivity index (χ0v) is 12.9. The van der Waals surface area contributed by atoms with Gasteiger partial charge < -0.3 is 9.73 Å². The second kappa shape index (κ2) is 7.24. The molecule has 0 bridgehead atoms. The Balaban J connectivity index is 1.84. The number of hydrogen-bond donors (Lipinski definition) is 1. The number of hydrogen-bond acceptors (Lipinski definition) is 5. The minimum absolute atomic E-state index is 0.263. The van der Waals surface area contributed by atoms with E-state index in [1.165, 1.54) is 0 Å². The van der Waals surface area contributed by atoms with E-state index < -0.39 is 9.84 Å². The molecule has 20 heavy (non-hydrogen) atoms. The number of rotatable bonds is 6. The molecular weight excluding hydrogens is 276 g/mol. The first kappa shape index (κ1) is 15.5. The van der Waals surface area contributed by atoms with Crippen LogP contribution >= 0.6 is 0 Å². The van der Waals surface area contributed by atoms with Crippen molar-refractivity contribution in [3.63, 3.8) is 0 Å². The van der Waals surface area contributed by atoms with E-state index in [0.717, 1.165) is 37.6 Å². The second-order valence-electron chi connectivity index (χ2n) is 5.33. The van der Waals surface area contributed by atoms with Crippen LogP contribution < -0.4 is 5.32 Å². The van der Waals surface area contributed by atoms with Gasteiger partial charge in [0.15, 0.2) is 9.84 Å². The van der Waals surface area contributed by atoms with Crippen molar-refractivity contribution >= 4 is 9.84 Å². The van der Waals surface area contributed by atoms with Gasteiger partial charge in [-0.05, 0) is 38.1 Å². The van der Waals surface area contributed by atoms with Crippen LogP contribution in [-0.4, -0.2) is 44.5 Å². The number of nitrogens with one attached hydrogen (secondary N) is 1. The van der Waals surface area contributed by atoms with E-state index in [1.807, 2.05) is 12.1 Å². The average molecular weight is 300 g/mol. The molecule has 1 aromatic heterocycles. The van der Waals surface area contributed by atoms with E-state index in [4.69, 9.17) is 4.42 Å². The Morgan fingerprint density at radius 3 is 2.85 bits per heavy atom. The van der Waals surface area contributed by atoms with E-state index >= 15 is 0 Å². The van der Waals surface area contributed by atoms with Crippen LogP contribution in [0.4, 0.5) is 0 Å². The molecule has 1 fully saturated rings. The van der Waals surface area contributed by atoms with Crippen LogP contribution in [-0.2, 0) is 22.9 Å². The molecule has 0 radical (unpaired) electrons. The highest BCUT2D eigenvalue weighted by molar-refractivity contribution is 7.91. The molecule has 2 rings (SSSR count). The summed E-state index contributed by atoms with van der Waals surface area (Å²) in [7, 11) is -2.84. The van der Waals surface area contributed by atoms with Gasteiger partial charge in [0.2, 0.25) is 0 Å². The molecule has 0 spiro atoms. The molecule has 1 aliphatic rings. The minimum Gasteiger partial charge on any atom is -0.463 e. The number of nitrogens with zero attached hydrogens (tertiary/aromatic N) is 1. The normalized spacial score (nSPS) is 19.9. The maximum Gasteiger partial charge on any atom is 0.151 e. The van der Waals surface area contributed by atoms with Gasteiger partial charge in [-0.15, -0.1) is 0 Å². The quantitative estimate of drug-likeness (QED) is 0.805. The maximum absolute atomic E-state index is 11.6. The Morgan fingerprint density at radius 1 is 1.25 bits per heavy atom. The van der Waals surface area contributed by atoms with Crippen LogP contribution in [0.1, 0.15) is 31.3 Å². The van der Waals surface area contributed by atoms with Gasteiger partial charge in [0.05, 0.1) is 24.6 Å². The van der Waals surface area contributed by atoms with Gasteiger partial charge in [0.25, 0.3) is 0 Å². The van der Waals surface area contributed by atoms with Crippen LogP contribution in [0, 0.1) is 0 Å². The fourth-order valence-electron chi connectivity index (χ4n) is 2.36. The molecule has 114 valence electrons. The minimum atomic E-state index is -2.84. The molecule has 0 saturated carbocycles. The largest absolute Gasteiger partial charge is 0.463 e. The van der Waals surface area contributed by atoms with Crippen molar-refractivity contribution in [3.05, 3.63) is 23.7 Å². The lowest BCUT2D eigenvalue weighted by Gasteiger charge is -2.17. The van der Waals surface area contributed by atoms with Crippen LogP contribution in [0.25, 0.3) is 0 Å². The molecule has 0 amide bonds. The monoisotopic (exact) mass is 300 g/mol. The van der Waals surface area contributed by atoms with Gasteiger partial charge in [-0.3, -0.25) is 4.90 Å². The molecule has 0 aliphatic carbocycles. The van der Waals surface area contributed by atoms with Crippen molar-refractivity contribution in [1.29, 1.82) is 0 Å². The fraction of sp³-hybridized carbons (Fsp3) is 0.714. The predicted octanol–water partition coefficient (Wildman–Crippen LogP) is 1.40. The average Bonchev–Trinajstić information content (AvgIpc) is 2.76. The Hall–Kier alpha value is -0.850. The zero-order valence-electron chi connectivity index (χ0n) is 12.1. The summed E-state index contributed by atoms with van der Waals surface area (Å²) in [5.74, 6) is 2.43. The first-order valence-electron chi connectivity index (χ1n) is 7.30. The standard InChI is InChI=1S/C14H24N2O3S/c1-2-6-15-11-13-4-5-14(19-13)12-16-7-3-9-20(17,18)10-8-16/h4-5,15H,2-3,6-12H2,1H3. The maximum atomic E-state index is 11.6. The summed E-state index contributed by atoms with van der Waals surface area (Å²) >= 11 is 0. The smallest absolute Gasteiger partial charge is 0.151 e. The van der Waals surface area contributed by atoms with E-state index in [2.05, 4.69) is 17.1 Å². The van der Waals surface area contributed by atoms with Gasteiger partial charge in [-0.2, -0.15) is 0 Å². The highest BCUT2D eigenvalue weighted by Crippen LogP contribution is 2.13. The lowest BCUT2D eigenvalue weighted by atomic mass is 10.3. The van der Waals surface area contributed by atoms with Crippen LogP contribution in [0.15, 0.2) is 16.5 Å². The van der Waals surface area contributed by atoms with Crippen LogP contribution in [0.2, 0.25) is 0 Å². The molecule has 0 aromatic carbocycles. The molecular formula is C14H24N2O3S. The molecule has 1 N–H and O–H groups in total. The summed E-state index contributed by atoms with van der Waals surface area (Å²) < 4.78 is 28.9. The van der Waals surface area contributed by atoms with Crippen molar-refractivity contribution in [2.24, 2.45) is 0 Å². The van der Waals surface area contributed by atoms with Crippen LogP contribution in [0.5, 0.6) is 0 Å². The van der Waals surface area contributed by atoms with Gasteiger partial charge in [-0.1, -0.05) is 6.92 Å². The molecule has 6 heteroatoms. The van der Waals surface area contributed by atoms with Gasteiger partial charge in [0, 0.05) is 6.54 Å². The SMILES string of the molecule is CCCNCc1ccc(CN2CCCS(=O)(=O)CC2)o1. The summed E-state index contributed by atoms with van der Waals surface area (Å²) in [6.07, 6.45) is 1.82. The van der Waals surface area contributed by atoms with Gasteiger partial charge in [-0.25, -0.2) is 8.42 Å². The number of sulfone groups is 1. The van der Waals surface area contributed by atoms with Crippen LogP contribution in [0.3, 0.4) is 0 Å². The fourth-order valence-corrected chi connectivity index (χ4v) is 3.67. The molecule has 1 aromatic rings. The van der Waals surface area contributed by atoms with Crippen molar-refractivity contribution < 1.29 is 12.8 Å². The Kier molecular flexibility index (Phi) is 5.63. The highest BCUT2D eigenvalue weighted by atomic mass is 32.2. The topological polar surface area (TPSA) is 62.6 Å². The molecule has 0 unspecified atom stereocenters. The third kappa shape index (κ3) is 4.92. The Morgan fingerprint density at radius 2 is 2.05 bits per heavy atom. The summed E-state index contributed by atoms with van der Waals surface area (Å²) in [6, 6.07) is 3.98. The summed E-state index contributed by atoms with van der Waals surface area (Å²) in [5.41, 5.74) is 0. The molecule has 5 nitrogen and oxygen atoms in total.